The van der Waals surface area contributed by atoms with Crippen LogP contribution in [0.1, 0.15) is 26.7 Å². The highest BCUT2D eigenvalue weighted by Gasteiger charge is 2.23. The van der Waals surface area contributed by atoms with Gasteiger partial charge in [-0.1, -0.05) is 13.8 Å². The molecular weight excluding hydrogens is 166 g/mol. The molecule has 74 valence electrons. The molecule has 0 aromatic heterocycles. The average molecular weight is 183 g/mol. The Kier molecular flexibility index (Phi) is 3.60. The summed E-state index contributed by atoms with van der Waals surface area (Å²) in [5, 5.41) is 0. The number of carbonyl (C=O) groups excluding carboxylic acids is 2. The van der Waals surface area contributed by atoms with Gasteiger partial charge in [0.1, 0.15) is 11.6 Å². The average Bonchev–Trinajstić information content (AvgIpc) is 2.11. The van der Waals surface area contributed by atoms with Crippen molar-refractivity contribution in [3.63, 3.8) is 0 Å². The lowest BCUT2D eigenvalue weighted by atomic mass is 9.98. The van der Waals surface area contributed by atoms with Gasteiger partial charge in [0.15, 0.2) is 0 Å². The normalized spacial score (nSPS) is 24.8. The largest absolute Gasteiger partial charge is 0.299 e. The first-order valence-electron chi connectivity index (χ1n) is 4.90. The van der Waals surface area contributed by atoms with Crippen LogP contribution in [0.3, 0.4) is 0 Å². The Morgan fingerprint density at radius 3 is 2.85 bits per heavy atom. The molecule has 1 unspecified atom stereocenters. The van der Waals surface area contributed by atoms with Gasteiger partial charge in [0.25, 0.3) is 0 Å². The van der Waals surface area contributed by atoms with E-state index in [1.54, 1.807) is 0 Å². The van der Waals surface area contributed by atoms with Crippen LogP contribution in [0.4, 0.5) is 0 Å². The Labute approximate surface area is 79.1 Å². The van der Waals surface area contributed by atoms with Crippen molar-refractivity contribution < 1.29 is 9.59 Å². The summed E-state index contributed by atoms with van der Waals surface area (Å²) in [6.07, 6.45) is 1.21. The lowest BCUT2D eigenvalue weighted by Crippen LogP contribution is -2.41. The van der Waals surface area contributed by atoms with Crippen LogP contribution in [-0.2, 0) is 9.59 Å². The van der Waals surface area contributed by atoms with Gasteiger partial charge in [0.05, 0.1) is 6.54 Å². The second kappa shape index (κ2) is 4.51. The summed E-state index contributed by atoms with van der Waals surface area (Å²) in [7, 11) is 0. The quantitative estimate of drug-likeness (QED) is 0.651. The minimum atomic E-state index is 0.110. The Morgan fingerprint density at radius 2 is 2.31 bits per heavy atom. The molecule has 0 aliphatic carbocycles. The lowest BCUT2D eigenvalue weighted by molar-refractivity contribution is -0.128. The maximum absolute atomic E-state index is 11.2. The van der Waals surface area contributed by atoms with E-state index in [0.717, 1.165) is 13.1 Å². The van der Waals surface area contributed by atoms with E-state index in [0.29, 0.717) is 25.2 Å². The summed E-state index contributed by atoms with van der Waals surface area (Å²) in [5.41, 5.74) is 0. The molecule has 1 aliphatic rings. The lowest BCUT2D eigenvalue weighted by Gasteiger charge is -2.29. The number of carbonyl (C=O) groups is 2. The van der Waals surface area contributed by atoms with Gasteiger partial charge in [-0.2, -0.15) is 0 Å². The molecule has 0 radical (unpaired) electrons. The van der Waals surface area contributed by atoms with Crippen LogP contribution < -0.4 is 0 Å². The minimum absolute atomic E-state index is 0.110. The minimum Gasteiger partial charge on any atom is -0.299 e. The van der Waals surface area contributed by atoms with Crippen LogP contribution in [-0.4, -0.2) is 36.1 Å². The van der Waals surface area contributed by atoms with E-state index in [1.807, 2.05) is 13.8 Å². The topological polar surface area (TPSA) is 37.4 Å². The molecule has 0 N–H and O–H groups in total. The number of hydrogen-bond donors (Lipinski definition) is 0. The van der Waals surface area contributed by atoms with E-state index < -0.39 is 0 Å². The third-order valence-electron chi connectivity index (χ3n) is 2.55. The second-order valence-electron chi connectivity index (χ2n) is 3.74. The highest BCUT2D eigenvalue weighted by molar-refractivity contribution is 5.83. The molecule has 1 fully saturated rings. The molecule has 1 heterocycles. The van der Waals surface area contributed by atoms with Crippen LogP contribution >= 0.6 is 0 Å². The van der Waals surface area contributed by atoms with Crippen molar-refractivity contribution in [2.75, 3.05) is 19.6 Å². The molecule has 1 saturated heterocycles. The predicted molar refractivity (Wildman–Crippen MR) is 50.5 cm³/mol. The fourth-order valence-electron chi connectivity index (χ4n) is 1.60. The molecule has 0 bridgehead atoms. The molecule has 3 nitrogen and oxygen atoms in total. The zero-order valence-corrected chi connectivity index (χ0v) is 8.38. The Bertz CT molecular complexity index is 213. The van der Waals surface area contributed by atoms with Crippen LogP contribution in [0.2, 0.25) is 0 Å². The third-order valence-corrected chi connectivity index (χ3v) is 2.55. The molecule has 0 amide bonds. The van der Waals surface area contributed by atoms with E-state index in [-0.39, 0.29) is 11.7 Å². The molecule has 0 spiro atoms. The van der Waals surface area contributed by atoms with Crippen molar-refractivity contribution in [1.29, 1.82) is 0 Å². The van der Waals surface area contributed by atoms with E-state index in [1.165, 1.54) is 0 Å². The number of Topliss-reactive ketones (excluding diaryl/α,β-unsaturated/α-hetero) is 2. The molecule has 0 aromatic carbocycles. The number of hydrogen-bond acceptors (Lipinski definition) is 3. The molecule has 1 atom stereocenters. The first-order chi connectivity index (χ1) is 6.13. The standard InChI is InChI=1S/C10H17NO2/c1-3-9(12)7-11-5-4-10(13)8(2)6-11/h8H,3-7H2,1-2H3. The number of piperidine rings is 1. The number of rotatable bonds is 3. The summed E-state index contributed by atoms with van der Waals surface area (Å²) < 4.78 is 0. The molecule has 0 aromatic rings. The van der Waals surface area contributed by atoms with Gasteiger partial charge in [-0.25, -0.2) is 0 Å². The van der Waals surface area contributed by atoms with Gasteiger partial charge in [0.2, 0.25) is 0 Å². The van der Waals surface area contributed by atoms with Crippen molar-refractivity contribution in [3.05, 3.63) is 0 Å². The monoisotopic (exact) mass is 183 g/mol. The van der Waals surface area contributed by atoms with Crippen LogP contribution in [0, 0.1) is 5.92 Å². The maximum atomic E-state index is 11.2. The first-order valence-corrected chi connectivity index (χ1v) is 4.90. The summed E-state index contributed by atoms with van der Waals surface area (Å²) >= 11 is 0. The summed E-state index contributed by atoms with van der Waals surface area (Å²) in [6.45, 7) is 5.85. The first kappa shape index (κ1) is 10.4. The molecule has 13 heavy (non-hydrogen) atoms. The zero-order chi connectivity index (χ0) is 9.84. The van der Waals surface area contributed by atoms with Crippen LogP contribution in [0.25, 0.3) is 0 Å². The van der Waals surface area contributed by atoms with E-state index in [4.69, 9.17) is 0 Å². The number of ketones is 2. The highest BCUT2D eigenvalue weighted by atomic mass is 16.1. The predicted octanol–water partition coefficient (Wildman–Crippen LogP) is 0.876. The van der Waals surface area contributed by atoms with Gasteiger partial charge in [0, 0.05) is 31.8 Å². The molecule has 1 rings (SSSR count). The summed E-state index contributed by atoms with van der Waals surface area (Å²) in [5.74, 6) is 0.708. The Hall–Kier alpha value is -0.700. The van der Waals surface area contributed by atoms with Gasteiger partial charge in [-0.3, -0.25) is 14.5 Å². The van der Waals surface area contributed by atoms with Crippen molar-refractivity contribution in [3.8, 4) is 0 Å². The third kappa shape index (κ3) is 2.92. The van der Waals surface area contributed by atoms with Gasteiger partial charge in [-0.15, -0.1) is 0 Å². The smallest absolute Gasteiger partial charge is 0.146 e. The van der Waals surface area contributed by atoms with Gasteiger partial charge in [-0.05, 0) is 0 Å². The zero-order valence-electron chi connectivity index (χ0n) is 8.38. The molecular formula is C10H17NO2. The molecule has 1 aliphatic heterocycles. The Balaban J connectivity index is 2.37. The van der Waals surface area contributed by atoms with E-state index in [2.05, 4.69) is 4.90 Å². The fraction of sp³-hybridized carbons (Fsp3) is 0.800. The number of likely N-dealkylation sites (tertiary alicyclic amines) is 1. The van der Waals surface area contributed by atoms with Crippen molar-refractivity contribution in [2.45, 2.75) is 26.7 Å². The Morgan fingerprint density at radius 1 is 1.62 bits per heavy atom. The maximum Gasteiger partial charge on any atom is 0.146 e. The van der Waals surface area contributed by atoms with Crippen molar-refractivity contribution >= 4 is 11.6 Å². The van der Waals surface area contributed by atoms with Gasteiger partial charge < -0.3 is 0 Å². The number of nitrogens with zero attached hydrogens (tertiary/aromatic N) is 1. The van der Waals surface area contributed by atoms with Crippen molar-refractivity contribution in [2.24, 2.45) is 5.92 Å². The van der Waals surface area contributed by atoms with E-state index >= 15 is 0 Å². The van der Waals surface area contributed by atoms with E-state index in [9.17, 15) is 9.59 Å². The summed E-state index contributed by atoms with van der Waals surface area (Å²) in [6, 6.07) is 0. The summed E-state index contributed by atoms with van der Waals surface area (Å²) in [4.78, 5) is 24.4. The van der Waals surface area contributed by atoms with Crippen LogP contribution in [0.5, 0.6) is 0 Å². The van der Waals surface area contributed by atoms with Crippen LogP contribution in [0.15, 0.2) is 0 Å². The second-order valence-corrected chi connectivity index (χ2v) is 3.74. The highest BCUT2D eigenvalue weighted by Crippen LogP contribution is 2.11. The fourth-order valence-corrected chi connectivity index (χ4v) is 1.60. The van der Waals surface area contributed by atoms with Crippen molar-refractivity contribution in [1.82, 2.24) is 4.90 Å². The molecule has 3 heteroatoms. The van der Waals surface area contributed by atoms with Gasteiger partial charge >= 0.3 is 0 Å². The molecule has 0 saturated carbocycles. The SMILES string of the molecule is CCC(=O)CN1CCC(=O)C(C)C1.